The van der Waals surface area contributed by atoms with Crippen molar-refractivity contribution in [1.82, 2.24) is 15.2 Å². The fourth-order valence-corrected chi connectivity index (χ4v) is 3.37. The van der Waals surface area contributed by atoms with E-state index < -0.39 is 6.36 Å². The molecule has 0 radical (unpaired) electrons. The second kappa shape index (κ2) is 9.33. The Morgan fingerprint density at radius 3 is 2.56 bits per heavy atom. The van der Waals surface area contributed by atoms with Crippen molar-refractivity contribution in [3.8, 4) is 11.5 Å². The summed E-state index contributed by atoms with van der Waals surface area (Å²) in [5.41, 5.74) is 6.74. The van der Waals surface area contributed by atoms with Gasteiger partial charge in [0, 0.05) is 25.7 Å². The first-order valence-corrected chi connectivity index (χ1v) is 9.82. The Hall–Kier alpha value is -3.50. The van der Waals surface area contributed by atoms with Gasteiger partial charge in [-0.1, -0.05) is 19.1 Å². The van der Waals surface area contributed by atoms with Crippen LogP contribution >= 0.6 is 0 Å². The lowest BCUT2D eigenvalue weighted by Gasteiger charge is -2.19. The number of carbonyl (C=O) groups is 2. The summed E-state index contributed by atoms with van der Waals surface area (Å²) >= 11 is 0. The third kappa shape index (κ3) is 5.80. The van der Waals surface area contributed by atoms with E-state index >= 15 is 0 Å². The van der Waals surface area contributed by atoms with Crippen LogP contribution in [0.5, 0.6) is 11.5 Å². The van der Waals surface area contributed by atoms with Crippen LogP contribution in [0.15, 0.2) is 36.5 Å². The zero-order valence-corrected chi connectivity index (χ0v) is 17.5. The first-order valence-electron chi connectivity index (χ1n) is 9.82. The maximum atomic E-state index is 12.7. The number of ether oxygens (including phenoxy) is 2. The highest BCUT2D eigenvalue weighted by Gasteiger charge is 2.34. The summed E-state index contributed by atoms with van der Waals surface area (Å²) in [5.74, 6) is -0.470. The molecule has 0 saturated carbocycles. The van der Waals surface area contributed by atoms with Gasteiger partial charge in [-0.3, -0.25) is 9.59 Å². The van der Waals surface area contributed by atoms with Crippen molar-refractivity contribution >= 4 is 17.6 Å². The number of carbonyl (C=O) groups excluding carboxylic acids is 2. The monoisotopic (exact) mass is 452 g/mol. The summed E-state index contributed by atoms with van der Waals surface area (Å²) in [7, 11) is 1.50. The Balaban J connectivity index is 1.61. The van der Waals surface area contributed by atoms with Crippen molar-refractivity contribution in [2.45, 2.75) is 25.8 Å². The number of rotatable bonds is 6. The van der Waals surface area contributed by atoms with E-state index in [4.69, 9.17) is 10.5 Å². The Bertz CT molecular complexity index is 982. The molecule has 8 nitrogen and oxygen atoms in total. The average Bonchev–Trinajstić information content (AvgIpc) is 3.10. The summed E-state index contributed by atoms with van der Waals surface area (Å²) in [6.45, 7) is 2.67. The molecule has 0 spiro atoms. The van der Waals surface area contributed by atoms with Gasteiger partial charge in [-0.05, 0) is 23.8 Å². The summed E-state index contributed by atoms with van der Waals surface area (Å²) in [6.07, 6.45) is -3.75. The van der Waals surface area contributed by atoms with Crippen LogP contribution in [0, 0.1) is 5.92 Å². The van der Waals surface area contributed by atoms with Crippen LogP contribution in [0.1, 0.15) is 22.8 Å². The molecule has 0 aliphatic carbocycles. The van der Waals surface area contributed by atoms with Crippen LogP contribution in [-0.4, -0.2) is 54.3 Å². The summed E-state index contributed by atoms with van der Waals surface area (Å²) in [4.78, 5) is 30.1. The first kappa shape index (κ1) is 23.2. The molecule has 3 N–H and O–H groups in total. The van der Waals surface area contributed by atoms with Gasteiger partial charge in [0.2, 0.25) is 5.91 Å². The SMILES string of the molecule is CNC(=O)c1cnc(N)c(O[C@H]2CN(C(=O)Cc3ccc(OC(F)(F)F)cc3)C[C@@H]2C)c1. The number of nitrogens with two attached hydrogens (primary N) is 1. The van der Waals surface area contributed by atoms with E-state index in [9.17, 15) is 22.8 Å². The van der Waals surface area contributed by atoms with E-state index in [2.05, 4.69) is 15.0 Å². The van der Waals surface area contributed by atoms with Crippen LogP contribution in [0.25, 0.3) is 0 Å². The van der Waals surface area contributed by atoms with E-state index in [-0.39, 0.29) is 47.6 Å². The van der Waals surface area contributed by atoms with Crippen molar-refractivity contribution in [1.29, 1.82) is 0 Å². The molecule has 2 amide bonds. The number of likely N-dealkylation sites (tertiary alicyclic amines) is 1. The molecule has 0 bridgehead atoms. The fraction of sp³-hybridized carbons (Fsp3) is 0.381. The first-order chi connectivity index (χ1) is 15.1. The lowest BCUT2D eigenvalue weighted by Crippen LogP contribution is -2.32. The van der Waals surface area contributed by atoms with Gasteiger partial charge in [0.15, 0.2) is 11.6 Å². The molecule has 1 aliphatic rings. The molecule has 2 aromatic rings. The minimum Gasteiger partial charge on any atom is -0.484 e. The van der Waals surface area contributed by atoms with Gasteiger partial charge < -0.3 is 25.4 Å². The Morgan fingerprint density at radius 2 is 1.94 bits per heavy atom. The van der Waals surface area contributed by atoms with Gasteiger partial charge >= 0.3 is 6.36 Å². The highest BCUT2D eigenvalue weighted by Crippen LogP contribution is 2.28. The van der Waals surface area contributed by atoms with Crippen LogP contribution < -0.4 is 20.5 Å². The Labute approximate surface area is 182 Å². The maximum Gasteiger partial charge on any atom is 0.573 e. The smallest absolute Gasteiger partial charge is 0.484 e. The summed E-state index contributed by atoms with van der Waals surface area (Å²) < 4.78 is 46.6. The highest BCUT2D eigenvalue weighted by molar-refractivity contribution is 5.94. The van der Waals surface area contributed by atoms with Gasteiger partial charge in [-0.25, -0.2) is 4.98 Å². The van der Waals surface area contributed by atoms with Gasteiger partial charge in [-0.15, -0.1) is 13.2 Å². The molecule has 1 fully saturated rings. The van der Waals surface area contributed by atoms with Gasteiger partial charge in [0.05, 0.1) is 18.5 Å². The molecule has 1 aliphatic heterocycles. The number of nitrogens with one attached hydrogen (secondary N) is 1. The van der Waals surface area contributed by atoms with Crippen LogP contribution in [-0.2, 0) is 11.2 Å². The predicted molar refractivity (Wildman–Crippen MR) is 109 cm³/mol. The van der Waals surface area contributed by atoms with Crippen LogP contribution in [0.3, 0.4) is 0 Å². The lowest BCUT2D eigenvalue weighted by molar-refractivity contribution is -0.274. The number of halogens is 3. The maximum absolute atomic E-state index is 12.7. The highest BCUT2D eigenvalue weighted by atomic mass is 19.4. The number of benzene rings is 1. The van der Waals surface area contributed by atoms with Gasteiger partial charge in [0.1, 0.15) is 11.9 Å². The number of pyridine rings is 1. The van der Waals surface area contributed by atoms with Crippen molar-refractivity contribution in [2.75, 3.05) is 25.9 Å². The number of hydrogen-bond acceptors (Lipinski definition) is 6. The predicted octanol–water partition coefficient (Wildman–Crippen LogP) is 2.39. The zero-order valence-electron chi connectivity index (χ0n) is 17.5. The fourth-order valence-electron chi connectivity index (χ4n) is 3.37. The van der Waals surface area contributed by atoms with Crippen LogP contribution in [0.2, 0.25) is 0 Å². The van der Waals surface area contributed by atoms with E-state index in [0.717, 1.165) is 0 Å². The quantitative estimate of drug-likeness (QED) is 0.697. The molecule has 1 aromatic carbocycles. The third-order valence-corrected chi connectivity index (χ3v) is 5.06. The van der Waals surface area contributed by atoms with Crippen molar-refractivity contribution in [3.05, 3.63) is 47.7 Å². The molecule has 172 valence electrons. The average molecular weight is 452 g/mol. The number of hydrogen-bond donors (Lipinski definition) is 2. The molecule has 1 aromatic heterocycles. The normalized spacial score (nSPS) is 18.3. The van der Waals surface area contributed by atoms with Crippen molar-refractivity contribution in [3.63, 3.8) is 0 Å². The molecule has 11 heteroatoms. The van der Waals surface area contributed by atoms with Gasteiger partial charge in [0.25, 0.3) is 5.91 Å². The summed E-state index contributed by atoms with van der Waals surface area (Å²) in [5, 5.41) is 2.50. The largest absolute Gasteiger partial charge is 0.573 e. The van der Waals surface area contributed by atoms with E-state index in [1.165, 1.54) is 43.6 Å². The molecule has 3 rings (SSSR count). The molecular formula is C21H23F3N4O4. The van der Waals surface area contributed by atoms with Crippen molar-refractivity contribution in [2.24, 2.45) is 5.92 Å². The Kier molecular flexibility index (Phi) is 6.75. The number of nitrogen functional groups attached to an aromatic ring is 1. The zero-order chi connectivity index (χ0) is 23.5. The Morgan fingerprint density at radius 1 is 1.25 bits per heavy atom. The summed E-state index contributed by atoms with van der Waals surface area (Å²) in [6, 6.07) is 6.68. The second-order valence-electron chi connectivity index (χ2n) is 7.49. The van der Waals surface area contributed by atoms with E-state index in [1.807, 2.05) is 6.92 Å². The number of amides is 2. The minimum atomic E-state index is -4.77. The number of alkyl halides is 3. The molecule has 2 atom stereocenters. The molecule has 32 heavy (non-hydrogen) atoms. The second-order valence-corrected chi connectivity index (χ2v) is 7.49. The standard InChI is InChI=1S/C21H23F3N4O4/c1-12-10-28(18(29)7-13-3-5-15(6-4-13)32-21(22,23)24)11-17(12)31-16-8-14(20(30)26-2)9-27-19(16)25/h3-6,8-9,12,17H,7,10-11H2,1-2H3,(H2,25,27)(H,26,30)/t12-,17-/m0/s1. The molecule has 1 saturated heterocycles. The van der Waals surface area contributed by atoms with Crippen LogP contribution in [0.4, 0.5) is 19.0 Å². The molecule has 2 heterocycles. The van der Waals surface area contributed by atoms with E-state index in [1.54, 1.807) is 4.90 Å². The van der Waals surface area contributed by atoms with Gasteiger partial charge in [-0.2, -0.15) is 0 Å². The molecular weight excluding hydrogens is 429 g/mol. The topological polar surface area (TPSA) is 107 Å². The molecule has 0 unspecified atom stereocenters. The number of nitrogens with zero attached hydrogens (tertiary/aromatic N) is 2. The lowest BCUT2D eigenvalue weighted by atomic mass is 10.1. The van der Waals surface area contributed by atoms with E-state index in [0.29, 0.717) is 24.2 Å². The number of aromatic nitrogens is 1. The minimum absolute atomic E-state index is 0.00966. The number of anilines is 1. The van der Waals surface area contributed by atoms with Crippen molar-refractivity contribution < 1.29 is 32.2 Å². The third-order valence-electron chi connectivity index (χ3n) is 5.06.